The van der Waals surface area contributed by atoms with Crippen LogP contribution in [0, 0.1) is 5.92 Å². The van der Waals surface area contributed by atoms with E-state index >= 15 is 0 Å². The first kappa shape index (κ1) is 18.4. The second kappa shape index (κ2) is 9.35. The van der Waals surface area contributed by atoms with E-state index in [0.717, 1.165) is 12.8 Å². The van der Waals surface area contributed by atoms with E-state index in [4.69, 9.17) is 9.84 Å². The van der Waals surface area contributed by atoms with Gasteiger partial charge in [-0.1, -0.05) is 19.4 Å². The van der Waals surface area contributed by atoms with Crippen molar-refractivity contribution < 1.29 is 24.2 Å². The molecule has 6 heteroatoms. The van der Waals surface area contributed by atoms with E-state index in [1.807, 2.05) is 6.92 Å². The number of imide groups is 1. The summed E-state index contributed by atoms with van der Waals surface area (Å²) in [4.78, 5) is 34.0. The summed E-state index contributed by atoms with van der Waals surface area (Å²) in [6.45, 7) is 5.59. The summed E-state index contributed by atoms with van der Waals surface area (Å²) in [5.41, 5.74) is 0. The second-order valence-electron chi connectivity index (χ2n) is 5.60. The van der Waals surface area contributed by atoms with E-state index in [-0.39, 0.29) is 30.8 Å². The first-order valence-electron chi connectivity index (χ1n) is 7.79. The van der Waals surface area contributed by atoms with E-state index in [0.29, 0.717) is 19.3 Å². The van der Waals surface area contributed by atoms with Gasteiger partial charge < -0.3 is 9.84 Å². The Labute approximate surface area is 130 Å². The van der Waals surface area contributed by atoms with Crippen molar-refractivity contribution in [1.29, 1.82) is 0 Å². The van der Waals surface area contributed by atoms with Crippen molar-refractivity contribution in [1.82, 2.24) is 5.32 Å². The number of nitrogens with one attached hydrogen (secondary N) is 1. The molecule has 2 amide bonds. The monoisotopic (exact) mass is 311 g/mol. The highest BCUT2D eigenvalue weighted by atomic mass is 16.5. The third-order valence-electron chi connectivity index (χ3n) is 3.91. The molecule has 124 valence electrons. The normalized spacial score (nSPS) is 21.0. The number of aliphatic carboxylic acids is 1. The van der Waals surface area contributed by atoms with Gasteiger partial charge in [-0.05, 0) is 31.6 Å². The summed E-state index contributed by atoms with van der Waals surface area (Å²) < 4.78 is 5.89. The van der Waals surface area contributed by atoms with Crippen LogP contribution in [0.1, 0.15) is 51.9 Å². The van der Waals surface area contributed by atoms with Crippen LogP contribution in [0.4, 0.5) is 0 Å². The van der Waals surface area contributed by atoms with E-state index in [2.05, 4.69) is 11.9 Å². The Bertz CT molecular complexity index is 421. The molecule has 1 heterocycles. The number of amides is 2. The van der Waals surface area contributed by atoms with E-state index in [1.165, 1.54) is 0 Å². The van der Waals surface area contributed by atoms with Crippen LogP contribution in [0.5, 0.6) is 0 Å². The van der Waals surface area contributed by atoms with Gasteiger partial charge in [0.2, 0.25) is 5.91 Å². The Kier molecular flexibility index (Phi) is 7.80. The molecule has 0 bridgehead atoms. The summed E-state index contributed by atoms with van der Waals surface area (Å²) in [5, 5.41) is 11.3. The van der Waals surface area contributed by atoms with Gasteiger partial charge in [0.05, 0.1) is 12.5 Å². The summed E-state index contributed by atoms with van der Waals surface area (Å²) >= 11 is 0. The van der Waals surface area contributed by atoms with Crippen LogP contribution in [-0.2, 0) is 19.1 Å². The molecule has 0 spiro atoms. The van der Waals surface area contributed by atoms with Crippen molar-refractivity contribution in [2.24, 2.45) is 5.92 Å². The lowest BCUT2D eigenvalue weighted by Crippen LogP contribution is -2.47. The summed E-state index contributed by atoms with van der Waals surface area (Å²) in [7, 11) is 0. The number of unbranched alkanes of at least 4 members (excludes halogenated alkanes) is 1. The van der Waals surface area contributed by atoms with Crippen LogP contribution in [0.15, 0.2) is 12.7 Å². The van der Waals surface area contributed by atoms with Gasteiger partial charge >= 0.3 is 5.97 Å². The number of carboxylic acids is 1. The lowest BCUT2D eigenvalue weighted by molar-refractivity contribution is -0.151. The van der Waals surface area contributed by atoms with Gasteiger partial charge in [0, 0.05) is 6.42 Å². The van der Waals surface area contributed by atoms with E-state index < -0.39 is 18.0 Å². The minimum Gasteiger partial charge on any atom is -0.481 e. The summed E-state index contributed by atoms with van der Waals surface area (Å²) in [6, 6.07) is 0. The maximum Gasteiger partial charge on any atom is 0.303 e. The number of carbonyl (C=O) groups is 3. The molecule has 6 nitrogen and oxygen atoms in total. The molecular formula is C16H25NO5. The maximum atomic E-state index is 11.8. The quantitative estimate of drug-likeness (QED) is 0.366. The van der Waals surface area contributed by atoms with Crippen LogP contribution in [0.3, 0.4) is 0 Å². The average Bonchev–Trinajstić information content (AvgIpc) is 2.46. The largest absolute Gasteiger partial charge is 0.481 e. The number of carbonyl (C=O) groups excluding carboxylic acids is 2. The Morgan fingerprint density at radius 2 is 2.27 bits per heavy atom. The second-order valence-corrected chi connectivity index (χ2v) is 5.60. The molecular weight excluding hydrogens is 286 g/mol. The molecule has 3 atom stereocenters. The van der Waals surface area contributed by atoms with Gasteiger partial charge in [-0.15, -0.1) is 6.58 Å². The summed E-state index contributed by atoms with van der Waals surface area (Å²) in [6.07, 6.45) is 4.45. The SMILES string of the molecule is C=CCCCC(OC1CCC(=O)NC1=O)C(CC)CC(=O)O. The fraction of sp³-hybridized carbons (Fsp3) is 0.688. The number of hydrogen-bond donors (Lipinski definition) is 2. The van der Waals surface area contributed by atoms with Gasteiger partial charge in [0.25, 0.3) is 5.91 Å². The van der Waals surface area contributed by atoms with Gasteiger partial charge in [-0.25, -0.2) is 0 Å². The van der Waals surface area contributed by atoms with Gasteiger partial charge in [0.15, 0.2) is 0 Å². The van der Waals surface area contributed by atoms with E-state index in [1.54, 1.807) is 6.08 Å². The fourth-order valence-electron chi connectivity index (χ4n) is 2.66. The van der Waals surface area contributed by atoms with Gasteiger partial charge in [-0.2, -0.15) is 0 Å². The molecule has 1 rings (SSSR count). The molecule has 0 aromatic carbocycles. The molecule has 1 aliphatic heterocycles. The molecule has 0 radical (unpaired) electrons. The topological polar surface area (TPSA) is 92.7 Å². The third kappa shape index (κ3) is 5.97. The van der Waals surface area contributed by atoms with Crippen molar-refractivity contribution in [3.05, 3.63) is 12.7 Å². The lowest BCUT2D eigenvalue weighted by Gasteiger charge is -2.31. The zero-order chi connectivity index (χ0) is 16.5. The molecule has 2 N–H and O–H groups in total. The third-order valence-corrected chi connectivity index (χ3v) is 3.91. The minimum atomic E-state index is -0.868. The Morgan fingerprint density at radius 3 is 2.82 bits per heavy atom. The Balaban J connectivity index is 2.70. The highest BCUT2D eigenvalue weighted by Crippen LogP contribution is 2.25. The predicted molar refractivity (Wildman–Crippen MR) is 81.1 cm³/mol. The van der Waals surface area contributed by atoms with E-state index in [9.17, 15) is 14.4 Å². The minimum absolute atomic E-state index is 0.0164. The zero-order valence-electron chi connectivity index (χ0n) is 13.0. The van der Waals surface area contributed by atoms with Crippen LogP contribution in [0.2, 0.25) is 0 Å². The highest BCUT2D eigenvalue weighted by molar-refractivity contribution is 5.99. The van der Waals surface area contributed by atoms with Crippen LogP contribution < -0.4 is 5.32 Å². The maximum absolute atomic E-state index is 11.8. The highest BCUT2D eigenvalue weighted by Gasteiger charge is 2.32. The molecule has 0 aromatic rings. The number of rotatable bonds is 10. The molecule has 1 aliphatic rings. The van der Waals surface area contributed by atoms with Gasteiger partial charge in [-0.3, -0.25) is 19.7 Å². The fourth-order valence-corrected chi connectivity index (χ4v) is 2.66. The van der Waals surface area contributed by atoms with Crippen molar-refractivity contribution in [3.63, 3.8) is 0 Å². The first-order chi connectivity index (χ1) is 10.5. The van der Waals surface area contributed by atoms with Crippen molar-refractivity contribution in [2.45, 2.75) is 64.1 Å². The zero-order valence-corrected chi connectivity index (χ0v) is 13.0. The van der Waals surface area contributed by atoms with Crippen molar-refractivity contribution >= 4 is 17.8 Å². The molecule has 22 heavy (non-hydrogen) atoms. The molecule has 0 aromatic heterocycles. The summed E-state index contributed by atoms with van der Waals surface area (Å²) in [5.74, 6) is -1.72. The van der Waals surface area contributed by atoms with Crippen LogP contribution in [0.25, 0.3) is 0 Å². The number of ether oxygens (including phenoxy) is 1. The molecule has 1 fully saturated rings. The number of piperidine rings is 1. The predicted octanol–water partition coefficient (Wildman–Crippen LogP) is 2.03. The Hall–Kier alpha value is -1.69. The number of hydrogen-bond acceptors (Lipinski definition) is 4. The first-order valence-corrected chi connectivity index (χ1v) is 7.79. The molecule has 3 unspecified atom stereocenters. The van der Waals surface area contributed by atoms with Crippen LogP contribution >= 0.6 is 0 Å². The molecule has 0 aliphatic carbocycles. The standard InChI is InChI=1S/C16H25NO5/c1-3-5-6-7-12(11(4-2)10-15(19)20)22-13-8-9-14(18)17-16(13)21/h3,11-13H,1,4-10H2,2H3,(H,19,20)(H,17,18,21). The molecule has 1 saturated heterocycles. The number of carboxylic acid groups (broad SMARTS) is 1. The van der Waals surface area contributed by atoms with Crippen LogP contribution in [-0.4, -0.2) is 35.1 Å². The number of allylic oxidation sites excluding steroid dienone is 1. The average molecular weight is 311 g/mol. The Morgan fingerprint density at radius 1 is 1.55 bits per heavy atom. The smallest absolute Gasteiger partial charge is 0.303 e. The van der Waals surface area contributed by atoms with Crippen molar-refractivity contribution in [3.8, 4) is 0 Å². The van der Waals surface area contributed by atoms with Crippen molar-refractivity contribution in [2.75, 3.05) is 0 Å². The molecule has 0 saturated carbocycles. The lowest BCUT2D eigenvalue weighted by atomic mass is 9.91. The van der Waals surface area contributed by atoms with Gasteiger partial charge in [0.1, 0.15) is 6.10 Å².